The van der Waals surface area contributed by atoms with Crippen molar-refractivity contribution in [2.45, 2.75) is 19.8 Å². The maximum atomic E-state index is 13.5. The molecule has 166 valence electrons. The Morgan fingerprint density at radius 1 is 1.19 bits per heavy atom. The molecular weight excluding hydrogens is 532 g/mol. The van der Waals surface area contributed by atoms with E-state index in [1.165, 1.54) is 12.1 Å². The molecule has 2 aromatic carbocycles. The average molecular weight is 558 g/mol. The lowest BCUT2D eigenvalue weighted by Gasteiger charge is -2.12. The van der Waals surface area contributed by atoms with Crippen molar-refractivity contribution >= 4 is 64.0 Å². The zero-order valence-corrected chi connectivity index (χ0v) is 20.5. The van der Waals surface area contributed by atoms with Crippen LogP contribution in [-0.2, 0) is 11.2 Å². The van der Waals surface area contributed by atoms with Crippen LogP contribution in [0.2, 0.25) is 5.02 Å². The van der Waals surface area contributed by atoms with Crippen LogP contribution in [-0.4, -0.2) is 37.0 Å². The number of amides is 1. The molecular formula is C22H26ClFIN5O. The van der Waals surface area contributed by atoms with Crippen LogP contribution in [0.4, 0.5) is 10.1 Å². The van der Waals surface area contributed by atoms with Gasteiger partial charge in [-0.3, -0.25) is 9.79 Å². The summed E-state index contributed by atoms with van der Waals surface area (Å²) in [6, 6.07) is 10.1. The number of hydrogen-bond acceptors (Lipinski definition) is 2. The van der Waals surface area contributed by atoms with Crippen molar-refractivity contribution in [3.63, 3.8) is 0 Å². The van der Waals surface area contributed by atoms with Gasteiger partial charge in [0.15, 0.2) is 5.96 Å². The van der Waals surface area contributed by atoms with E-state index in [9.17, 15) is 9.18 Å². The summed E-state index contributed by atoms with van der Waals surface area (Å²) in [7, 11) is 1.67. The van der Waals surface area contributed by atoms with Crippen LogP contribution >= 0.6 is 35.6 Å². The molecule has 0 saturated heterocycles. The van der Waals surface area contributed by atoms with Crippen LogP contribution in [0.3, 0.4) is 0 Å². The fourth-order valence-corrected chi connectivity index (χ4v) is 3.32. The highest BCUT2D eigenvalue weighted by Crippen LogP contribution is 2.23. The minimum absolute atomic E-state index is 0. The lowest BCUT2D eigenvalue weighted by Crippen LogP contribution is -2.39. The Kier molecular flexibility index (Phi) is 9.57. The quantitative estimate of drug-likeness (QED) is 0.194. The maximum absolute atomic E-state index is 13.5. The third-order valence-corrected chi connectivity index (χ3v) is 5.24. The third-order valence-electron chi connectivity index (χ3n) is 4.83. The van der Waals surface area contributed by atoms with Crippen molar-refractivity contribution in [3.8, 4) is 0 Å². The molecule has 0 aliphatic heterocycles. The number of carbonyl (C=O) groups is 1. The number of anilines is 1. The van der Waals surface area contributed by atoms with Crippen LogP contribution in [0.1, 0.15) is 17.5 Å². The second-order valence-electron chi connectivity index (χ2n) is 6.89. The van der Waals surface area contributed by atoms with Crippen molar-refractivity contribution in [2.75, 3.05) is 25.5 Å². The zero-order valence-electron chi connectivity index (χ0n) is 17.4. The molecule has 0 fully saturated rings. The fourth-order valence-electron chi connectivity index (χ4n) is 3.14. The van der Waals surface area contributed by atoms with Crippen LogP contribution in [0.25, 0.3) is 10.9 Å². The predicted octanol–water partition coefficient (Wildman–Crippen LogP) is 4.62. The Bertz CT molecular complexity index is 1070. The number of nitrogens with one attached hydrogen (secondary N) is 4. The molecule has 0 aliphatic rings. The monoisotopic (exact) mass is 557 g/mol. The van der Waals surface area contributed by atoms with Crippen molar-refractivity contribution in [2.24, 2.45) is 4.99 Å². The second-order valence-corrected chi connectivity index (χ2v) is 7.30. The third kappa shape index (κ3) is 6.83. The van der Waals surface area contributed by atoms with Crippen molar-refractivity contribution in [1.29, 1.82) is 0 Å². The lowest BCUT2D eigenvalue weighted by molar-refractivity contribution is -0.116. The number of fused-ring (bicyclic) bond motifs is 1. The molecule has 31 heavy (non-hydrogen) atoms. The Morgan fingerprint density at radius 2 is 1.97 bits per heavy atom. The topological polar surface area (TPSA) is 81.3 Å². The SMILES string of the molecule is CN=C(NCCC(=O)Nc1cccc(Cl)c1C)NCCc1c[nH]c2ccc(F)cc12.I. The first kappa shape index (κ1) is 24.9. The minimum Gasteiger partial charge on any atom is -0.361 e. The van der Waals surface area contributed by atoms with Crippen LogP contribution in [0.15, 0.2) is 47.6 Å². The first-order valence-electron chi connectivity index (χ1n) is 9.73. The summed E-state index contributed by atoms with van der Waals surface area (Å²) in [5, 5.41) is 10.7. The Labute approximate surface area is 203 Å². The van der Waals surface area contributed by atoms with Gasteiger partial charge in [0.1, 0.15) is 5.82 Å². The molecule has 1 heterocycles. The van der Waals surface area contributed by atoms with E-state index in [0.717, 1.165) is 22.0 Å². The van der Waals surface area contributed by atoms with E-state index in [0.29, 0.717) is 36.2 Å². The van der Waals surface area contributed by atoms with Gasteiger partial charge in [0.2, 0.25) is 5.91 Å². The van der Waals surface area contributed by atoms with Gasteiger partial charge in [0, 0.05) is 54.4 Å². The molecule has 4 N–H and O–H groups in total. The number of H-pyrrole nitrogens is 1. The van der Waals surface area contributed by atoms with Gasteiger partial charge < -0.3 is 20.9 Å². The number of benzene rings is 2. The Morgan fingerprint density at radius 3 is 2.74 bits per heavy atom. The molecule has 0 atom stereocenters. The standard InChI is InChI=1S/C22H25ClFN5O.HI/c1-14-18(23)4-3-5-19(14)29-21(30)9-11-27-22(25-2)26-10-8-15-13-28-20-7-6-16(24)12-17(15)20;/h3-7,12-13,28H,8-11H2,1-2H3,(H,29,30)(H2,25,26,27);1H. The van der Waals surface area contributed by atoms with Gasteiger partial charge >= 0.3 is 0 Å². The summed E-state index contributed by atoms with van der Waals surface area (Å²) >= 11 is 6.08. The number of hydrogen-bond donors (Lipinski definition) is 4. The van der Waals surface area contributed by atoms with E-state index in [-0.39, 0.29) is 42.1 Å². The predicted molar refractivity (Wildman–Crippen MR) is 136 cm³/mol. The first-order valence-corrected chi connectivity index (χ1v) is 10.1. The molecule has 0 unspecified atom stereocenters. The van der Waals surface area contributed by atoms with Gasteiger partial charge in [-0.15, -0.1) is 24.0 Å². The number of guanidine groups is 1. The number of rotatable bonds is 7. The second kappa shape index (κ2) is 11.9. The van der Waals surface area contributed by atoms with Gasteiger partial charge in [0.25, 0.3) is 0 Å². The van der Waals surface area contributed by atoms with Gasteiger partial charge in [0.05, 0.1) is 0 Å². The van der Waals surface area contributed by atoms with Gasteiger partial charge in [-0.2, -0.15) is 0 Å². The highest BCUT2D eigenvalue weighted by atomic mass is 127. The summed E-state index contributed by atoms with van der Waals surface area (Å²) < 4.78 is 13.5. The summed E-state index contributed by atoms with van der Waals surface area (Å²) in [5.41, 5.74) is 3.50. The molecule has 0 saturated carbocycles. The Hall–Kier alpha value is -2.33. The van der Waals surface area contributed by atoms with E-state index in [4.69, 9.17) is 11.6 Å². The molecule has 3 aromatic rings. The molecule has 0 aliphatic carbocycles. The summed E-state index contributed by atoms with van der Waals surface area (Å²) in [4.78, 5) is 19.5. The summed E-state index contributed by atoms with van der Waals surface area (Å²) in [6.07, 6.45) is 2.89. The van der Waals surface area contributed by atoms with Crippen molar-refractivity contribution < 1.29 is 9.18 Å². The average Bonchev–Trinajstić information content (AvgIpc) is 3.12. The minimum atomic E-state index is -0.250. The molecule has 0 radical (unpaired) electrons. The number of aromatic amines is 1. The number of carbonyl (C=O) groups excluding carboxylic acids is 1. The van der Waals surface area contributed by atoms with Crippen LogP contribution in [0, 0.1) is 12.7 Å². The number of halogens is 3. The molecule has 1 amide bonds. The van der Waals surface area contributed by atoms with Crippen LogP contribution in [0.5, 0.6) is 0 Å². The molecule has 6 nitrogen and oxygen atoms in total. The number of nitrogens with zero attached hydrogens (tertiary/aromatic N) is 1. The lowest BCUT2D eigenvalue weighted by atomic mass is 10.1. The zero-order chi connectivity index (χ0) is 21.5. The molecule has 1 aromatic heterocycles. The van der Waals surface area contributed by atoms with E-state index >= 15 is 0 Å². The first-order chi connectivity index (χ1) is 14.5. The summed E-state index contributed by atoms with van der Waals surface area (Å²) in [5.74, 6) is 0.247. The highest BCUT2D eigenvalue weighted by molar-refractivity contribution is 14.0. The molecule has 0 bridgehead atoms. The number of aromatic nitrogens is 1. The fraction of sp³-hybridized carbons (Fsp3) is 0.273. The highest BCUT2D eigenvalue weighted by Gasteiger charge is 2.08. The van der Waals surface area contributed by atoms with Crippen LogP contribution < -0.4 is 16.0 Å². The normalized spacial score (nSPS) is 11.2. The van der Waals surface area contributed by atoms with Crippen molar-refractivity contribution in [3.05, 3.63) is 64.6 Å². The van der Waals surface area contributed by atoms with E-state index < -0.39 is 0 Å². The van der Waals surface area contributed by atoms with E-state index in [1.54, 1.807) is 25.2 Å². The van der Waals surface area contributed by atoms with E-state index in [2.05, 4.69) is 25.9 Å². The molecule has 9 heteroatoms. The van der Waals surface area contributed by atoms with Gasteiger partial charge in [-0.1, -0.05) is 17.7 Å². The van der Waals surface area contributed by atoms with Crippen molar-refractivity contribution in [1.82, 2.24) is 15.6 Å². The van der Waals surface area contributed by atoms with E-state index in [1.807, 2.05) is 19.2 Å². The Balaban J connectivity index is 0.00000341. The smallest absolute Gasteiger partial charge is 0.226 e. The molecule has 0 spiro atoms. The number of aliphatic imine (C=N–C) groups is 1. The molecule has 3 rings (SSSR count). The van der Waals surface area contributed by atoms with Gasteiger partial charge in [-0.05, 0) is 54.8 Å². The maximum Gasteiger partial charge on any atom is 0.226 e. The summed E-state index contributed by atoms with van der Waals surface area (Å²) in [6.45, 7) is 2.92. The van der Waals surface area contributed by atoms with Gasteiger partial charge in [-0.25, -0.2) is 4.39 Å². The largest absolute Gasteiger partial charge is 0.361 e.